The van der Waals surface area contributed by atoms with Gasteiger partial charge in [-0.1, -0.05) is 0 Å². The van der Waals surface area contributed by atoms with Gasteiger partial charge in [-0.05, 0) is 26.3 Å². The summed E-state index contributed by atoms with van der Waals surface area (Å²) in [6, 6.07) is 3.18. The quantitative estimate of drug-likeness (QED) is 0.390. The zero-order valence-electron chi connectivity index (χ0n) is 17.9. The van der Waals surface area contributed by atoms with E-state index in [4.69, 9.17) is 9.15 Å². The van der Waals surface area contributed by atoms with E-state index in [-0.39, 0.29) is 6.61 Å². The maximum atomic E-state index is 10.5. The monoisotopic (exact) mass is 429 g/mol. The van der Waals surface area contributed by atoms with Crippen LogP contribution in [0, 0.1) is 19.8 Å². The predicted octanol–water partition coefficient (Wildman–Crippen LogP) is 1.47. The first kappa shape index (κ1) is 21.3. The van der Waals surface area contributed by atoms with Crippen molar-refractivity contribution < 1.29 is 24.5 Å². The van der Waals surface area contributed by atoms with Crippen molar-refractivity contribution in [2.75, 3.05) is 31.4 Å². The number of pyridine rings is 1. The molecule has 5 N–H and O–H groups in total. The van der Waals surface area contributed by atoms with Crippen molar-refractivity contribution in [3.8, 4) is 17.2 Å². The van der Waals surface area contributed by atoms with Crippen LogP contribution in [0.2, 0.25) is 0 Å². The molecule has 1 aliphatic rings. The van der Waals surface area contributed by atoms with Gasteiger partial charge >= 0.3 is 0 Å². The van der Waals surface area contributed by atoms with Gasteiger partial charge in [-0.3, -0.25) is 0 Å². The zero-order valence-corrected chi connectivity index (χ0v) is 17.9. The van der Waals surface area contributed by atoms with E-state index < -0.39 is 24.2 Å². The molecule has 1 aliphatic carbocycles. The molecular weight excluding hydrogens is 402 g/mol. The first-order valence-corrected chi connectivity index (χ1v) is 10.1. The van der Waals surface area contributed by atoms with Gasteiger partial charge in [-0.15, -0.1) is 0 Å². The molecule has 0 bridgehead atoms. The standard InChI is InChI=1S/C21H27N5O5/c1-9-16(14-6-11-7-15(30-4)23-10(2)19(11)31-14)20(26-21(22-3)24-9)25-13-5-12(8-27)17(28)18(13)29/h6-7,12-13,17-18,27-29H,5,8H2,1-4H3,(H2,22,24,25,26)/t12-,13-,17-,18+/m1/s1. The number of rotatable bonds is 6. The number of methoxy groups -OCH3 is 1. The number of anilines is 2. The Bertz CT molecular complexity index is 1100. The van der Waals surface area contributed by atoms with E-state index in [1.807, 2.05) is 19.9 Å². The first-order valence-electron chi connectivity index (χ1n) is 10.1. The van der Waals surface area contributed by atoms with Crippen LogP contribution in [0.25, 0.3) is 22.3 Å². The SMILES string of the molecule is CNc1nc(C)c(-c2cc3cc(OC)nc(C)c3o2)c(N[C@@H]2C[C@H](CO)[C@@H](O)[C@H]2O)n1. The van der Waals surface area contributed by atoms with Crippen molar-refractivity contribution in [1.29, 1.82) is 0 Å². The maximum Gasteiger partial charge on any atom is 0.224 e. The lowest BCUT2D eigenvalue weighted by Crippen LogP contribution is -2.35. The number of fused-ring (bicyclic) bond motifs is 1. The molecule has 0 aromatic carbocycles. The Hall–Kier alpha value is -2.95. The summed E-state index contributed by atoms with van der Waals surface area (Å²) in [4.78, 5) is 13.4. The summed E-state index contributed by atoms with van der Waals surface area (Å²) in [5.74, 6) is 1.50. The Morgan fingerprint density at radius 1 is 1.13 bits per heavy atom. The van der Waals surface area contributed by atoms with Gasteiger partial charge in [0.15, 0.2) is 5.58 Å². The third-order valence-corrected chi connectivity index (χ3v) is 5.77. The van der Waals surface area contributed by atoms with Crippen molar-refractivity contribution in [2.45, 2.75) is 38.5 Å². The van der Waals surface area contributed by atoms with E-state index in [2.05, 4.69) is 25.6 Å². The highest BCUT2D eigenvalue weighted by Gasteiger charge is 2.41. The molecule has 3 aromatic heterocycles. The lowest BCUT2D eigenvalue weighted by Gasteiger charge is -2.21. The predicted molar refractivity (Wildman–Crippen MR) is 115 cm³/mol. The molecule has 4 atom stereocenters. The second-order valence-corrected chi connectivity index (χ2v) is 7.80. The molecule has 0 radical (unpaired) electrons. The van der Waals surface area contributed by atoms with Gasteiger partial charge in [0.1, 0.15) is 17.7 Å². The molecule has 31 heavy (non-hydrogen) atoms. The second kappa shape index (κ2) is 8.29. The summed E-state index contributed by atoms with van der Waals surface area (Å²) in [6.45, 7) is 3.49. The summed E-state index contributed by atoms with van der Waals surface area (Å²) in [5, 5.41) is 37.1. The number of ether oxygens (including phenoxy) is 1. The first-order chi connectivity index (χ1) is 14.9. The van der Waals surface area contributed by atoms with Crippen molar-refractivity contribution in [2.24, 2.45) is 5.92 Å². The molecule has 1 fully saturated rings. The molecule has 10 nitrogen and oxygen atoms in total. The Morgan fingerprint density at radius 3 is 2.55 bits per heavy atom. The molecule has 1 saturated carbocycles. The van der Waals surface area contributed by atoms with Crippen LogP contribution in [-0.4, -0.2) is 69.3 Å². The molecule has 3 aromatic rings. The topological polar surface area (TPSA) is 146 Å². The number of hydrogen-bond donors (Lipinski definition) is 5. The molecular formula is C21H27N5O5. The highest BCUT2D eigenvalue weighted by Crippen LogP contribution is 2.38. The van der Waals surface area contributed by atoms with Gasteiger partial charge in [0, 0.05) is 31.0 Å². The number of hydrogen-bond acceptors (Lipinski definition) is 10. The normalized spacial score (nSPS) is 23.3. The number of aliphatic hydroxyl groups is 3. The van der Waals surface area contributed by atoms with Crippen LogP contribution in [0.5, 0.6) is 5.88 Å². The molecule has 0 saturated heterocycles. The van der Waals surface area contributed by atoms with Gasteiger partial charge in [0.25, 0.3) is 0 Å². The van der Waals surface area contributed by atoms with Crippen LogP contribution in [0.15, 0.2) is 16.5 Å². The summed E-state index contributed by atoms with van der Waals surface area (Å²) in [6.07, 6.45) is -1.65. The van der Waals surface area contributed by atoms with Gasteiger partial charge < -0.3 is 35.1 Å². The minimum absolute atomic E-state index is 0.203. The minimum atomic E-state index is -1.04. The van der Waals surface area contributed by atoms with E-state index in [9.17, 15) is 15.3 Å². The summed E-state index contributed by atoms with van der Waals surface area (Å²) in [5.41, 5.74) is 2.64. The summed E-state index contributed by atoms with van der Waals surface area (Å²) >= 11 is 0. The molecule has 10 heteroatoms. The van der Waals surface area contributed by atoms with E-state index in [1.165, 1.54) is 0 Å². The number of aromatic nitrogens is 3. The average molecular weight is 429 g/mol. The Kier molecular flexibility index (Phi) is 5.69. The molecule has 0 spiro atoms. The van der Waals surface area contributed by atoms with Gasteiger partial charge in [-0.25, -0.2) is 9.97 Å². The number of nitrogens with one attached hydrogen (secondary N) is 2. The van der Waals surface area contributed by atoms with Crippen molar-refractivity contribution in [3.05, 3.63) is 23.5 Å². The van der Waals surface area contributed by atoms with Crippen LogP contribution in [0.4, 0.5) is 11.8 Å². The smallest absolute Gasteiger partial charge is 0.224 e. The molecule has 3 heterocycles. The van der Waals surface area contributed by atoms with Crippen LogP contribution < -0.4 is 15.4 Å². The van der Waals surface area contributed by atoms with Crippen LogP contribution in [-0.2, 0) is 0 Å². The summed E-state index contributed by atoms with van der Waals surface area (Å²) < 4.78 is 11.4. The minimum Gasteiger partial charge on any atom is -0.481 e. The van der Waals surface area contributed by atoms with E-state index in [0.29, 0.717) is 52.4 Å². The lowest BCUT2D eigenvalue weighted by atomic mass is 10.1. The third kappa shape index (κ3) is 3.78. The van der Waals surface area contributed by atoms with E-state index >= 15 is 0 Å². The van der Waals surface area contributed by atoms with Crippen LogP contribution >= 0.6 is 0 Å². The van der Waals surface area contributed by atoms with Crippen molar-refractivity contribution >= 4 is 22.7 Å². The largest absolute Gasteiger partial charge is 0.481 e. The van der Waals surface area contributed by atoms with Gasteiger partial charge in [0.2, 0.25) is 11.8 Å². The molecule has 4 rings (SSSR count). The average Bonchev–Trinajstić information content (AvgIpc) is 3.29. The fourth-order valence-corrected chi connectivity index (χ4v) is 4.11. The van der Waals surface area contributed by atoms with E-state index in [1.54, 1.807) is 20.2 Å². The molecule has 166 valence electrons. The Labute approximate surface area is 179 Å². The fraction of sp³-hybridized carbons (Fsp3) is 0.476. The number of aliphatic hydroxyl groups excluding tert-OH is 3. The van der Waals surface area contributed by atoms with Crippen molar-refractivity contribution in [3.63, 3.8) is 0 Å². The van der Waals surface area contributed by atoms with Gasteiger partial charge in [0.05, 0.1) is 36.2 Å². The molecule has 0 amide bonds. The Balaban J connectivity index is 1.79. The third-order valence-electron chi connectivity index (χ3n) is 5.77. The maximum absolute atomic E-state index is 10.5. The van der Waals surface area contributed by atoms with Crippen LogP contribution in [0.1, 0.15) is 17.8 Å². The van der Waals surface area contributed by atoms with Gasteiger partial charge in [-0.2, -0.15) is 4.98 Å². The fourth-order valence-electron chi connectivity index (χ4n) is 4.11. The zero-order chi connectivity index (χ0) is 22.3. The number of furan rings is 1. The summed E-state index contributed by atoms with van der Waals surface area (Å²) in [7, 11) is 3.28. The second-order valence-electron chi connectivity index (χ2n) is 7.80. The highest BCUT2D eigenvalue weighted by molar-refractivity contribution is 5.88. The molecule has 0 aliphatic heterocycles. The van der Waals surface area contributed by atoms with Crippen LogP contribution in [0.3, 0.4) is 0 Å². The Morgan fingerprint density at radius 2 is 1.90 bits per heavy atom. The van der Waals surface area contributed by atoms with E-state index in [0.717, 1.165) is 5.39 Å². The number of aryl methyl sites for hydroxylation is 2. The lowest BCUT2D eigenvalue weighted by molar-refractivity contribution is 0.00446. The highest BCUT2D eigenvalue weighted by atomic mass is 16.5. The van der Waals surface area contributed by atoms with Crippen molar-refractivity contribution in [1.82, 2.24) is 15.0 Å². The molecule has 0 unspecified atom stereocenters. The number of nitrogens with zero attached hydrogens (tertiary/aromatic N) is 3.